The highest BCUT2D eigenvalue weighted by molar-refractivity contribution is 5.81. The third kappa shape index (κ3) is 6.21. The second kappa shape index (κ2) is 10.8. The molecule has 1 aliphatic heterocycles. The van der Waals surface area contributed by atoms with Crippen LogP contribution in [0.4, 0.5) is 0 Å². The maximum absolute atomic E-state index is 12.6. The van der Waals surface area contributed by atoms with Crippen LogP contribution in [-0.4, -0.2) is 50.3 Å². The van der Waals surface area contributed by atoms with E-state index in [1.807, 2.05) is 31.2 Å². The maximum atomic E-state index is 12.6. The fourth-order valence-corrected chi connectivity index (χ4v) is 3.27. The van der Waals surface area contributed by atoms with Crippen molar-refractivity contribution >= 4 is 5.91 Å². The first kappa shape index (κ1) is 21.1. The molecule has 1 aliphatic rings. The number of methoxy groups -OCH3 is 1. The van der Waals surface area contributed by atoms with Gasteiger partial charge in [-0.2, -0.15) is 0 Å². The lowest BCUT2D eigenvalue weighted by Gasteiger charge is -2.26. The summed E-state index contributed by atoms with van der Waals surface area (Å²) in [5, 5.41) is 2.98. The molecule has 6 heteroatoms. The van der Waals surface area contributed by atoms with Crippen LogP contribution in [0.1, 0.15) is 24.5 Å². The Hall–Kier alpha value is -2.57. The molecule has 1 atom stereocenters. The summed E-state index contributed by atoms with van der Waals surface area (Å²) < 4.78 is 16.6. The van der Waals surface area contributed by atoms with Crippen LogP contribution in [-0.2, 0) is 22.6 Å². The molecule has 0 radical (unpaired) electrons. The molecule has 1 saturated heterocycles. The van der Waals surface area contributed by atoms with Gasteiger partial charge in [0.05, 0.1) is 20.3 Å². The number of para-hydroxylation sites is 2. The highest BCUT2D eigenvalue weighted by atomic mass is 16.5. The Kier molecular flexibility index (Phi) is 7.90. The molecule has 1 amide bonds. The minimum Gasteiger partial charge on any atom is -0.493 e. The second-order valence-electron chi connectivity index (χ2n) is 7.09. The Morgan fingerprint density at radius 2 is 1.72 bits per heavy atom. The first-order chi connectivity index (χ1) is 14.2. The summed E-state index contributed by atoms with van der Waals surface area (Å²) in [6, 6.07) is 15.7. The number of hydrogen-bond acceptors (Lipinski definition) is 5. The standard InChI is InChI=1S/C23H30N2O4/c1-3-20(29-22-7-5-4-6-21(22)27-2)23(26)24-16-18-8-10-19(11-9-18)17-25-12-14-28-15-13-25/h4-11,20H,3,12-17H2,1-2H3,(H,24,26)/t20-/m1/s1. The van der Waals surface area contributed by atoms with E-state index in [2.05, 4.69) is 34.5 Å². The minimum atomic E-state index is -0.563. The van der Waals surface area contributed by atoms with Gasteiger partial charge in [0.25, 0.3) is 5.91 Å². The van der Waals surface area contributed by atoms with Crippen molar-refractivity contribution in [1.29, 1.82) is 0 Å². The first-order valence-corrected chi connectivity index (χ1v) is 10.1. The molecule has 0 bridgehead atoms. The monoisotopic (exact) mass is 398 g/mol. The van der Waals surface area contributed by atoms with Gasteiger partial charge in [0.2, 0.25) is 0 Å². The normalized spacial score (nSPS) is 15.5. The van der Waals surface area contributed by atoms with E-state index in [1.165, 1.54) is 5.56 Å². The van der Waals surface area contributed by atoms with E-state index in [0.717, 1.165) is 38.4 Å². The van der Waals surface area contributed by atoms with Crippen LogP contribution >= 0.6 is 0 Å². The zero-order chi connectivity index (χ0) is 20.5. The maximum Gasteiger partial charge on any atom is 0.261 e. The average Bonchev–Trinajstić information content (AvgIpc) is 2.77. The van der Waals surface area contributed by atoms with Gasteiger partial charge in [-0.15, -0.1) is 0 Å². The van der Waals surface area contributed by atoms with E-state index >= 15 is 0 Å². The van der Waals surface area contributed by atoms with Crippen molar-refractivity contribution < 1.29 is 19.0 Å². The smallest absolute Gasteiger partial charge is 0.261 e. The summed E-state index contributed by atoms with van der Waals surface area (Å²) in [5.41, 5.74) is 2.34. The van der Waals surface area contributed by atoms with Crippen LogP contribution in [0.15, 0.2) is 48.5 Å². The van der Waals surface area contributed by atoms with Gasteiger partial charge in [0, 0.05) is 26.2 Å². The first-order valence-electron chi connectivity index (χ1n) is 10.1. The molecule has 1 heterocycles. The van der Waals surface area contributed by atoms with Gasteiger partial charge in [-0.05, 0) is 29.7 Å². The van der Waals surface area contributed by atoms with Crippen molar-refractivity contribution in [2.45, 2.75) is 32.5 Å². The Bertz CT molecular complexity index is 773. The number of carbonyl (C=O) groups is 1. The summed E-state index contributed by atoms with van der Waals surface area (Å²) in [5.74, 6) is 1.06. The molecule has 0 aliphatic carbocycles. The number of nitrogens with zero attached hydrogens (tertiary/aromatic N) is 1. The number of morpholine rings is 1. The number of benzene rings is 2. The minimum absolute atomic E-state index is 0.129. The van der Waals surface area contributed by atoms with Gasteiger partial charge in [0.15, 0.2) is 17.6 Å². The zero-order valence-corrected chi connectivity index (χ0v) is 17.2. The predicted octanol–water partition coefficient (Wildman–Crippen LogP) is 3.00. The number of ether oxygens (including phenoxy) is 3. The van der Waals surface area contributed by atoms with Gasteiger partial charge in [-0.3, -0.25) is 9.69 Å². The van der Waals surface area contributed by atoms with Gasteiger partial charge in [-0.25, -0.2) is 0 Å². The molecule has 2 aromatic carbocycles. The quantitative estimate of drug-likeness (QED) is 0.704. The lowest BCUT2D eigenvalue weighted by molar-refractivity contribution is -0.128. The summed E-state index contributed by atoms with van der Waals surface area (Å²) in [6.07, 6.45) is 0.00873. The number of hydrogen-bond donors (Lipinski definition) is 1. The third-order valence-electron chi connectivity index (χ3n) is 5.00. The van der Waals surface area contributed by atoms with E-state index in [0.29, 0.717) is 24.5 Å². The molecule has 156 valence electrons. The molecule has 6 nitrogen and oxygen atoms in total. The molecule has 1 fully saturated rings. The lowest BCUT2D eigenvalue weighted by atomic mass is 10.1. The van der Waals surface area contributed by atoms with Crippen molar-refractivity contribution in [3.63, 3.8) is 0 Å². The van der Waals surface area contributed by atoms with E-state index < -0.39 is 6.10 Å². The average molecular weight is 399 g/mol. The van der Waals surface area contributed by atoms with Crippen molar-refractivity contribution in [2.24, 2.45) is 0 Å². The number of amides is 1. The van der Waals surface area contributed by atoms with E-state index in [-0.39, 0.29) is 5.91 Å². The Labute approximate surface area is 172 Å². The fraction of sp³-hybridized carbons (Fsp3) is 0.435. The molecule has 0 saturated carbocycles. The van der Waals surface area contributed by atoms with Crippen molar-refractivity contribution in [2.75, 3.05) is 33.4 Å². The van der Waals surface area contributed by atoms with Crippen molar-refractivity contribution in [1.82, 2.24) is 10.2 Å². The van der Waals surface area contributed by atoms with Crippen LogP contribution in [0.3, 0.4) is 0 Å². The molecule has 29 heavy (non-hydrogen) atoms. The molecule has 0 unspecified atom stereocenters. The van der Waals surface area contributed by atoms with Gasteiger partial charge in [0.1, 0.15) is 0 Å². The van der Waals surface area contributed by atoms with Crippen LogP contribution in [0.2, 0.25) is 0 Å². The SMILES string of the molecule is CC[C@@H](Oc1ccccc1OC)C(=O)NCc1ccc(CN2CCOCC2)cc1. The van der Waals surface area contributed by atoms with Gasteiger partial charge >= 0.3 is 0 Å². The molecule has 0 spiro atoms. The second-order valence-corrected chi connectivity index (χ2v) is 7.09. The van der Waals surface area contributed by atoms with Crippen LogP contribution < -0.4 is 14.8 Å². The van der Waals surface area contributed by atoms with E-state index in [1.54, 1.807) is 7.11 Å². The van der Waals surface area contributed by atoms with Crippen LogP contribution in [0.25, 0.3) is 0 Å². The number of rotatable bonds is 9. The summed E-state index contributed by atoms with van der Waals surface area (Å²) in [6.45, 7) is 6.90. The Morgan fingerprint density at radius 1 is 1.07 bits per heavy atom. The van der Waals surface area contributed by atoms with Gasteiger partial charge in [-0.1, -0.05) is 43.3 Å². The molecule has 2 aromatic rings. The third-order valence-corrected chi connectivity index (χ3v) is 5.00. The largest absolute Gasteiger partial charge is 0.493 e. The highest BCUT2D eigenvalue weighted by Gasteiger charge is 2.19. The molecular formula is C23H30N2O4. The molecular weight excluding hydrogens is 368 g/mol. The predicted molar refractivity (Wildman–Crippen MR) is 112 cm³/mol. The van der Waals surface area contributed by atoms with E-state index in [4.69, 9.17) is 14.2 Å². The molecule has 0 aromatic heterocycles. The molecule has 3 rings (SSSR count). The van der Waals surface area contributed by atoms with Crippen molar-refractivity contribution in [3.05, 3.63) is 59.7 Å². The zero-order valence-electron chi connectivity index (χ0n) is 17.2. The van der Waals surface area contributed by atoms with Gasteiger partial charge < -0.3 is 19.5 Å². The molecule has 1 N–H and O–H groups in total. The summed E-state index contributed by atoms with van der Waals surface area (Å²) in [4.78, 5) is 15.0. The van der Waals surface area contributed by atoms with E-state index in [9.17, 15) is 4.79 Å². The van der Waals surface area contributed by atoms with Crippen molar-refractivity contribution in [3.8, 4) is 11.5 Å². The van der Waals surface area contributed by atoms with Crippen LogP contribution in [0, 0.1) is 0 Å². The topological polar surface area (TPSA) is 60.0 Å². The Morgan fingerprint density at radius 3 is 2.38 bits per heavy atom. The Balaban J connectivity index is 1.50. The van der Waals surface area contributed by atoms with Crippen LogP contribution in [0.5, 0.6) is 11.5 Å². The fourth-order valence-electron chi connectivity index (χ4n) is 3.27. The summed E-state index contributed by atoms with van der Waals surface area (Å²) >= 11 is 0. The summed E-state index contributed by atoms with van der Waals surface area (Å²) in [7, 11) is 1.59. The highest BCUT2D eigenvalue weighted by Crippen LogP contribution is 2.27. The number of carbonyl (C=O) groups excluding carboxylic acids is 1. The number of nitrogens with one attached hydrogen (secondary N) is 1. The lowest BCUT2D eigenvalue weighted by Crippen LogP contribution is -2.37.